The standard InChI is InChI=1S/C28H27ClN4O5/c1-37-23-7-6-8-24(38-2)25(23)22-16-20(26(34)31-28(27(35)36)12-4-3-5-13-28)32-33(22)21-11-14-30-19-15-17(29)9-10-18(19)21/h6-11,14-16H,3-5,12-13H2,1-2H3,(H,31,34)(H,35,36). The van der Waals surface area contributed by atoms with Gasteiger partial charge in [-0.2, -0.15) is 5.10 Å². The number of rotatable bonds is 7. The maximum atomic E-state index is 13.5. The molecule has 1 amide bonds. The zero-order chi connectivity index (χ0) is 26.9. The monoisotopic (exact) mass is 534 g/mol. The van der Waals surface area contributed by atoms with Gasteiger partial charge in [-0.1, -0.05) is 36.9 Å². The highest BCUT2D eigenvalue weighted by Crippen LogP contribution is 2.40. The molecule has 2 aromatic carbocycles. The van der Waals surface area contributed by atoms with E-state index in [1.807, 2.05) is 6.07 Å². The van der Waals surface area contributed by atoms with Crippen molar-refractivity contribution in [1.29, 1.82) is 0 Å². The number of carbonyl (C=O) groups is 2. The van der Waals surface area contributed by atoms with E-state index in [4.69, 9.17) is 21.1 Å². The normalized spacial score (nSPS) is 14.7. The number of halogens is 1. The molecule has 0 aliphatic heterocycles. The van der Waals surface area contributed by atoms with Gasteiger partial charge in [-0.25, -0.2) is 9.48 Å². The van der Waals surface area contributed by atoms with Crippen molar-refractivity contribution in [2.75, 3.05) is 14.2 Å². The lowest BCUT2D eigenvalue weighted by Gasteiger charge is -2.33. The molecule has 2 heterocycles. The van der Waals surface area contributed by atoms with Crippen LogP contribution in [0.25, 0.3) is 27.8 Å². The molecule has 5 rings (SSSR count). The topological polar surface area (TPSA) is 116 Å². The molecule has 2 N–H and O–H groups in total. The molecule has 10 heteroatoms. The van der Waals surface area contributed by atoms with Gasteiger partial charge in [0.05, 0.1) is 36.7 Å². The number of pyridine rings is 1. The third-order valence-corrected chi connectivity index (χ3v) is 7.24. The van der Waals surface area contributed by atoms with Gasteiger partial charge in [-0.3, -0.25) is 9.78 Å². The van der Waals surface area contributed by atoms with E-state index in [1.54, 1.807) is 67.6 Å². The van der Waals surface area contributed by atoms with E-state index < -0.39 is 17.4 Å². The molecular formula is C28H27ClN4O5. The molecule has 0 radical (unpaired) electrons. The second-order valence-electron chi connectivity index (χ2n) is 9.26. The second-order valence-corrected chi connectivity index (χ2v) is 9.69. The van der Waals surface area contributed by atoms with E-state index in [9.17, 15) is 14.7 Å². The molecule has 1 saturated carbocycles. The molecule has 1 fully saturated rings. The van der Waals surface area contributed by atoms with Gasteiger partial charge in [0.15, 0.2) is 5.69 Å². The summed E-state index contributed by atoms with van der Waals surface area (Å²) in [5, 5.41) is 18.8. The Morgan fingerprint density at radius 3 is 2.39 bits per heavy atom. The van der Waals surface area contributed by atoms with Crippen LogP contribution in [0, 0.1) is 0 Å². The molecule has 9 nitrogen and oxygen atoms in total. The minimum atomic E-state index is -1.32. The van der Waals surface area contributed by atoms with Crippen LogP contribution >= 0.6 is 11.6 Å². The Kier molecular flexibility index (Phi) is 6.94. The third-order valence-electron chi connectivity index (χ3n) is 7.01. The molecular weight excluding hydrogens is 508 g/mol. The van der Waals surface area contributed by atoms with E-state index in [-0.39, 0.29) is 5.69 Å². The third kappa shape index (κ3) is 4.54. The molecule has 0 atom stereocenters. The molecule has 0 bridgehead atoms. The van der Waals surface area contributed by atoms with Crippen LogP contribution in [0.5, 0.6) is 11.5 Å². The van der Waals surface area contributed by atoms with Gasteiger partial charge in [0.2, 0.25) is 0 Å². The fraction of sp³-hybridized carbons (Fsp3) is 0.286. The van der Waals surface area contributed by atoms with Gasteiger partial charge < -0.3 is 19.9 Å². The summed E-state index contributed by atoms with van der Waals surface area (Å²) in [6.07, 6.45) is 4.79. The van der Waals surface area contributed by atoms with E-state index in [1.165, 1.54) is 0 Å². The van der Waals surface area contributed by atoms with Crippen LogP contribution in [0.15, 0.2) is 54.7 Å². The fourth-order valence-corrected chi connectivity index (χ4v) is 5.24. The van der Waals surface area contributed by atoms with Crippen LogP contribution in [0.2, 0.25) is 5.02 Å². The summed E-state index contributed by atoms with van der Waals surface area (Å²) < 4.78 is 12.9. The number of fused-ring (bicyclic) bond motifs is 1. The number of ether oxygens (including phenoxy) is 2. The van der Waals surface area contributed by atoms with Gasteiger partial charge in [-0.15, -0.1) is 0 Å². The summed E-state index contributed by atoms with van der Waals surface area (Å²) in [6.45, 7) is 0. The fourth-order valence-electron chi connectivity index (χ4n) is 5.08. The number of methoxy groups -OCH3 is 2. The first kappa shape index (κ1) is 25.5. The van der Waals surface area contributed by atoms with Crippen molar-refractivity contribution in [1.82, 2.24) is 20.1 Å². The number of amides is 1. The molecule has 0 saturated heterocycles. The first-order chi connectivity index (χ1) is 18.4. The zero-order valence-electron chi connectivity index (χ0n) is 21.0. The predicted molar refractivity (Wildman–Crippen MR) is 143 cm³/mol. The molecule has 1 aliphatic rings. The average molecular weight is 535 g/mol. The van der Waals surface area contributed by atoms with Crippen LogP contribution in [0.4, 0.5) is 0 Å². The molecule has 2 aromatic heterocycles. The van der Waals surface area contributed by atoms with Crippen molar-refractivity contribution in [3.8, 4) is 28.4 Å². The van der Waals surface area contributed by atoms with Gasteiger partial charge >= 0.3 is 5.97 Å². The SMILES string of the molecule is COc1cccc(OC)c1-c1cc(C(=O)NC2(C(=O)O)CCCCC2)nn1-c1ccnc2cc(Cl)ccc12. The lowest BCUT2D eigenvalue weighted by Crippen LogP contribution is -2.55. The number of nitrogens with one attached hydrogen (secondary N) is 1. The van der Waals surface area contributed by atoms with Crippen LogP contribution in [0.1, 0.15) is 42.6 Å². The van der Waals surface area contributed by atoms with E-state index in [0.29, 0.717) is 51.8 Å². The van der Waals surface area contributed by atoms with Crippen molar-refractivity contribution in [3.05, 3.63) is 65.4 Å². The van der Waals surface area contributed by atoms with Gasteiger partial charge in [0, 0.05) is 16.6 Å². The number of aromatic nitrogens is 3. The summed E-state index contributed by atoms with van der Waals surface area (Å²) >= 11 is 6.20. The van der Waals surface area contributed by atoms with Crippen molar-refractivity contribution in [2.45, 2.75) is 37.6 Å². The summed E-state index contributed by atoms with van der Waals surface area (Å²) in [7, 11) is 3.10. The maximum absolute atomic E-state index is 13.5. The van der Waals surface area contributed by atoms with Crippen LogP contribution in [-0.2, 0) is 4.79 Å². The van der Waals surface area contributed by atoms with Crippen LogP contribution < -0.4 is 14.8 Å². The molecule has 0 spiro atoms. The first-order valence-corrected chi connectivity index (χ1v) is 12.7. The number of carboxylic acid groups (broad SMARTS) is 1. The average Bonchev–Trinajstić information content (AvgIpc) is 3.37. The number of benzene rings is 2. The van der Waals surface area contributed by atoms with E-state index >= 15 is 0 Å². The second kappa shape index (κ2) is 10.3. The Morgan fingerprint density at radius 1 is 1.03 bits per heavy atom. The van der Waals surface area contributed by atoms with Crippen molar-refractivity contribution < 1.29 is 24.2 Å². The number of hydrogen-bond acceptors (Lipinski definition) is 6. The maximum Gasteiger partial charge on any atom is 0.329 e. The zero-order valence-corrected chi connectivity index (χ0v) is 21.8. The Bertz CT molecular complexity index is 1500. The molecule has 4 aromatic rings. The number of aliphatic carboxylic acids is 1. The molecule has 0 unspecified atom stereocenters. The number of carboxylic acids is 1. The smallest absolute Gasteiger partial charge is 0.329 e. The minimum Gasteiger partial charge on any atom is -0.496 e. The number of carbonyl (C=O) groups excluding carboxylic acids is 1. The van der Waals surface area contributed by atoms with E-state index in [2.05, 4.69) is 15.4 Å². The highest BCUT2D eigenvalue weighted by atomic mass is 35.5. The Morgan fingerprint density at radius 2 is 1.74 bits per heavy atom. The lowest BCUT2D eigenvalue weighted by atomic mass is 9.81. The summed E-state index contributed by atoms with van der Waals surface area (Å²) in [6, 6.07) is 14.1. The molecule has 1 aliphatic carbocycles. The van der Waals surface area contributed by atoms with Gasteiger partial charge in [-0.05, 0) is 55.3 Å². The van der Waals surface area contributed by atoms with Crippen LogP contribution in [0.3, 0.4) is 0 Å². The van der Waals surface area contributed by atoms with Gasteiger partial charge in [0.25, 0.3) is 5.91 Å². The highest BCUT2D eigenvalue weighted by Gasteiger charge is 2.41. The summed E-state index contributed by atoms with van der Waals surface area (Å²) in [4.78, 5) is 30.2. The van der Waals surface area contributed by atoms with Gasteiger partial charge in [0.1, 0.15) is 17.0 Å². The number of nitrogens with zero attached hydrogens (tertiary/aromatic N) is 3. The number of hydrogen-bond donors (Lipinski definition) is 2. The largest absolute Gasteiger partial charge is 0.496 e. The first-order valence-electron chi connectivity index (χ1n) is 12.3. The van der Waals surface area contributed by atoms with E-state index in [0.717, 1.165) is 24.6 Å². The Labute approximate surface area is 224 Å². The highest BCUT2D eigenvalue weighted by molar-refractivity contribution is 6.31. The molecule has 38 heavy (non-hydrogen) atoms. The quantitative estimate of drug-likeness (QED) is 0.331. The van der Waals surface area contributed by atoms with Crippen LogP contribution in [-0.4, -0.2) is 51.5 Å². The summed E-state index contributed by atoms with van der Waals surface area (Å²) in [5.41, 5.74) is 1.17. The Balaban J connectivity index is 1.70. The Hall–Kier alpha value is -4.11. The predicted octanol–water partition coefficient (Wildman–Crippen LogP) is 5.28. The van der Waals surface area contributed by atoms with Crippen molar-refractivity contribution >= 4 is 34.4 Å². The van der Waals surface area contributed by atoms with Crippen molar-refractivity contribution in [3.63, 3.8) is 0 Å². The summed E-state index contributed by atoms with van der Waals surface area (Å²) in [5.74, 6) is -0.556. The molecule has 196 valence electrons. The van der Waals surface area contributed by atoms with Crippen molar-refractivity contribution in [2.24, 2.45) is 0 Å². The minimum absolute atomic E-state index is 0.0677. The lowest BCUT2D eigenvalue weighted by molar-refractivity contribution is -0.145.